The van der Waals surface area contributed by atoms with E-state index in [1.807, 2.05) is 12.1 Å². The lowest BCUT2D eigenvalue weighted by Gasteiger charge is -2.13. The van der Waals surface area contributed by atoms with Gasteiger partial charge in [0.25, 0.3) is 0 Å². The summed E-state index contributed by atoms with van der Waals surface area (Å²) in [5.41, 5.74) is 6.25. The number of anilines is 2. The molecule has 25 heavy (non-hydrogen) atoms. The highest BCUT2D eigenvalue weighted by atomic mass is 35.5. The highest BCUT2D eigenvalue weighted by Gasteiger charge is 2.19. The fourth-order valence-corrected chi connectivity index (χ4v) is 2.87. The third-order valence-electron chi connectivity index (χ3n) is 3.10. The minimum absolute atomic E-state index is 0.0121. The normalized spacial score (nSPS) is 11.2. The molecule has 126 valence electrons. The van der Waals surface area contributed by atoms with Gasteiger partial charge in [-0.15, -0.1) is 0 Å². The van der Waals surface area contributed by atoms with Crippen LogP contribution in [-0.4, -0.2) is 16.1 Å². The van der Waals surface area contributed by atoms with Gasteiger partial charge in [0, 0.05) is 5.69 Å². The number of aromatic nitrogens is 1. The predicted octanol–water partition coefficient (Wildman–Crippen LogP) is 3.32. The zero-order valence-electron chi connectivity index (χ0n) is 12.9. The Balaban J connectivity index is 2.16. The zero-order chi connectivity index (χ0) is 18.6. The molecule has 0 fully saturated rings. The van der Waals surface area contributed by atoms with Gasteiger partial charge in [-0.1, -0.05) is 23.4 Å². The molecule has 0 spiro atoms. The number of nitrogen functional groups attached to an aromatic ring is 1. The molecule has 1 atom stereocenters. The van der Waals surface area contributed by atoms with Gasteiger partial charge in [-0.3, -0.25) is 4.79 Å². The second-order valence-corrected chi connectivity index (χ2v) is 6.61. The molecule has 0 aliphatic carbocycles. The Morgan fingerprint density at radius 2 is 2.04 bits per heavy atom. The number of hydrogen-bond donors (Lipinski definition) is 2. The molecule has 2 rings (SSSR count). The summed E-state index contributed by atoms with van der Waals surface area (Å²) in [6.45, 7) is 1.61. The van der Waals surface area contributed by atoms with E-state index in [0.29, 0.717) is 5.69 Å². The number of thioether (sulfide) groups is 1. The van der Waals surface area contributed by atoms with E-state index in [2.05, 4.69) is 10.3 Å². The number of pyridine rings is 1. The zero-order valence-corrected chi connectivity index (χ0v) is 14.5. The first-order valence-electron chi connectivity index (χ1n) is 6.89. The first-order chi connectivity index (χ1) is 11.8. The van der Waals surface area contributed by atoms with Crippen molar-refractivity contribution in [3.63, 3.8) is 0 Å². The van der Waals surface area contributed by atoms with Crippen molar-refractivity contribution in [2.24, 2.45) is 0 Å². The maximum absolute atomic E-state index is 13.1. The summed E-state index contributed by atoms with van der Waals surface area (Å²) in [4.78, 5) is 16.3. The molecule has 1 aromatic heterocycles. The van der Waals surface area contributed by atoms with Crippen LogP contribution in [0.3, 0.4) is 0 Å². The number of hydrogen-bond acceptors (Lipinski definition) is 6. The van der Waals surface area contributed by atoms with E-state index in [1.54, 1.807) is 6.92 Å². The Bertz CT molecular complexity index is 922. The van der Waals surface area contributed by atoms with E-state index in [9.17, 15) is 9.18 Å². The molecule has 2 aromatic rings. The van der Waals surface area contributed by atoms with Crippen molar-refractivity contribution in [3.05, 3.63) is 46.2 Å². The monoisotopic (exact) mass is 375 g/mol. The van der Waals surface area contributed by atoms with E-state index >= 15 is 0 Å². The summed E-state index contributed by atoms with van der Waals surface area (Å²) < 4.78 is 13.1. The number of halogens is 2. The van der Waals surface area contributed by atoms with Gasteiger partial charge in [0.1, 0.15) is 28.8 Å². The van der Waals surface area contributed by atoms with Crippen LogP contribution in [0.15, 0.2) is 29.3 Å². The van der Waals surface area contributed by atoms with Crippen LogP contribution in [0.2, 0.25) is 5.02 Å². The van der Waals surface area contributed by atoms with Crippen LogP contribution in [0.1, 0.15) is 18.1 Å². The van der Waals surface area contributed by atoms with Crippen molar-refractivity contribution >= 4 is 40.8 Å². The SMILES string of the molecule is C[C@@H](Sc1nc(N)c(C#N)cc1C#N)C(=O)Nc1ccc(F)c(Cl)c1. The molecule has 1 aromatic carbocycles. The number of amides is 1. The van der Waals surface area contributed by atoms with E-state index in [4.69, 9.17) is 27.9 Å². The lowest BCUT2D eigenvalue weighted by Crippen LogP contribution is -2.22. The molecule has 1 amide bonds. The predicted molar refractivity (Wildman–Crippen MR) is 93.4 cm³/mol. The molecule has 3 N–H and O–H groups in total. The number of carbonyl (C=O) groups is 1. The molecular formula is C16H11ClFN5OS. The second-order valence-electron chi connectivity index (χ2n) is 4.88. The van der Waals surface area contributed by atoms with Crippen LogP contribution in [-0.2, 0) is 4.79 Å². The lowest BCUT2D eigenvalue weighted by molar-refractivity contribution is -0.115. The third kappa shape index (κ3) is 4.38. The van der Waals surface area contributed by atoms with Gasteiger partial charge in [0.2, 0.25) is 5.91 Å². The fourth-order valence-electron chi connectivity index (χ4n) is 1.81. The van der Waals surface area contributed by atoms with Crippen molar-refractivity contribution in [2.45, 2.75) is 17.2 Å². The smallest absolute Gasteiger partial charge is 0.237 e. The molecule has 0 bridgehead atoms. The third-order valence-corrected chi connectivity index (χ3v) is 4.49. The van der Waals surface area contributed by atoms with Crippen molar-refractivity contribution in [3.8, 4) is 12.1 Å². The van der Waals surface area contributed by atoms with Crippen LogP contribution >= 0.6 is 23.4 Å². The minimum atomic E-state index is -0.629. The van der Waals surface area contributed by atoms with E-state index < -0.39 is 11.1 Å². The van der Waals surface area contributed by atoms with Crippen molar-refractivity contribution in [1.29, 1.82) is 10.5 Å². The summed E-state index contributed by atoms with van der Waals surface area (Å²) in [6.07, 6.45) is 0. The highest BCUT2D eigenvalue weighted by molar-refractivity contribution is 8.00. The fraction of sp³-hybridized carbons (Fsp3) is 0.125. The number of nitrogens with zero attached hydrogens (tertiary/aromatic N) is 3. The van der Waals surface area contributed by atoms with Gasteiger partial charge >= 0.3 is 0 Å². The van der Waals surface area contributed by atoms with Gasteiger partial charge in [-0.2, -0.15) is 10.5 Å². The summed E-state index contributed by atoms with van der Waals surface area (Å²) in [5, 5.41) is 20.2. The first kappa shape index (κ1) is 18.5. The molecule has 0 saturated heterocycles. The molecule has 6 nitrogen and oxygen atoms in total. The van der Waals surface area contributed by atoms with E-state index in [-0.39, 0.29) is 32.9 Å². The summed E-state index contributed by atoms with van der Waals surface area (Å²) >= 11 is 6.70. The van der Waals surface area contributed by atoms with Crippen molar-refractivity contribution in [1.82, 2.24) is 4.98 Å². The molecule has 0 aliphatic heterocycles. The lowest BCUT2D eigenvalue weighted by atomic mass is 10.2. The molecule has 9 heteroatoms. The minimum Gasteiger partial charge on any atom is -0.383 e. The van der Waals surface area contributed by atoms with Crippen LogP contribution in [0.5, 0.6) is 0 Å². The summed E-state index contributed by atoms with van der Waals surface area (Å²) in [7, 11) is 0. The van der Waals surface area contributed by atoms with E-state index in [1.165, 1.54) is 18.2 Å². The molecule has 0 radical (unpaired) electrons. The van der Waals surface area contributed by atoms with Gasteiger partial charge in [-0.05, 0) is 31.2 Å². The molecule has 1 heterocycles. The number of nitrogens with one attached hydrogen (secondary N) is 1. The van der Waals surface area contributed by atoms with Gasteiger partial charge < -0.3 is 11.1 Å². The van der Waals surface area contributed by atoms with Crippen molar-refractivity contribution < 1.29 is 9.18 Å². The topological polar surface area (TPSA) is 116 Å². The molecule has 0 aliphatic rings. The van der Waals surface area contributed by atoms with Crippen molar-refractivity contribution in [2.75, 3.05) is 11.1 Å². The number of nitrogens with two attached hydrogens (primary N) is 1. The first-order valence-corrected chi connectivity index (χ1v) is 8.14. The number of carbonyl (C=O) groups excluding carboxylic acids is 1. The van der Waals surface area contributed by atoms with Crippen LogP contribution in [0.4, 0.5) is 15.9 Å². The maximum Gasteiger partial charge on any atom is 0.237 e. The Morgan fingerprint density at radius 3 is 2.64 bits per heavy atom. The Morgan fingerprint density at radius 1 is 1.36 bits per heavy atom. The van der Waals surface area contributed by atoms with Crippen LogP contribution in [0, 0.1) is 28.5 Å². The highest BCUT2D eigenvalue weighted by Crippen LogP contribution is 2.28. The Hall–Kier alpha value is -2.81. The maximum atomic E-state index is 13.1. The largest absolute Gasteiger partial charge is 0.383 e. The molecular weight excluding hydrogens is 365 g/mol. The standard InChI is InChI=1S/C16H11ClFN5OS/c1-8(15(24)22-11-2-3-13(18)12(17)5-11)25-16-10(7-20)4-9(6-19)14(21)23-16/h2-5,8H,1H3,(H2,21,23)(H,22,24)/t8-/m1/s1. The second kappa shape index (κ2) is 7.84. The summed E-state index contributed by atoms with van der Waals surface area (Å²) in [5.74, 6) is -0.985. The van der Waals surface area contributed by atoms with Gasteiger partial charge in [0.15, 0.2) is 0 Å². The molecule has 0 unspecified atom stereocenters. The number of nitriles is 2. The quantitative estimate of drug-likeness (QED) is 0.792. The van der Waals surface area contributed by atoms with E-state index in [0.717, 1.165) is 17.8 Å². The number of benzene rings is 1. The average molecular weight is 376 g/mol. The molecule has 0 saturated carbocycles. The summed E-state index contributed by atoms with van der Waals surface area (Å²) in [6, 6.07) is 8.92. The van der Waals surface area contributed by atoms with Crippen LogP contribution in [0.25, 0.3) is 0 Å². The van der Waals surface area contributed by atoms with Gasteiger partial charge in [0.05, 0.1) is 21.4 Å². The Labute approximate surface area is 152 Å². The van der Waals surface area contributed by atoms with Gasteiger partial charge in [-0.25, -0.2) is 9.37 Å². The average Bonchev–Trinajstić information content (AvgIpc) is 2.58. The number of rotatable bonds is 4. The Kier molecular flexibility index (Phi) is 5.81. The van der Waals surface area contributed by atoms with Crippen LogP contribution < -0.4 is 11.1 Å².